The van der Waals surface area contributed by atoms with E-state index in [2.05, 4.69) is 15.3 Å². The molecule has 0 saturated carbocycles. The smallest absolute Gasteiger partial charge is 0.112 e. The summed E-state index contributed by atoms with van der Waals surface area (Å²) in [7, 11) is 0. The Balaban J connectivity index is 2.19. The molecular formula is C8H14N4. The van der Waals surface area contributed by atoms with Gasteiger partial charge in [0.15, 0.2) is 0 Å². The molecule has 1 saturated heterocycles. The third-order valence-corrected chi connectivity index (χ3v) is 2.33. The molecule has 1 aromatic rings. The highest BCUT2D eigenvalue weighted by Crippen LogP contribution is 2.17. The minimum absolute atomic E-state index is 0.204. The van der Waals surface area contributed by atoms with Crippen LogP contribution < -0.4 is 11.1 Å². The van der Waals surface area contributed by atoms with Crippen LogP contribution in [0.4, 0.5) is 0 Å². The molecule has 0 spiro atoms. The molecule has 0 bridgehead atoms. The number of hydrogen-bond acceptors (Lipinski definition) is 3. The monoisotopic (exact) mass is 166 g/mol. The molecular weight excluding hydrogens is 152 g/mol. The quantitative estimate of drug-likeness (QED) is 0.538. The molecule has 0 aliphatic carbocycles. The Morgan fingerprint density at radius 3 is 2.92 bits per heavy atom. The van der Waals surface area contributed by atoms with Crippen molar-refractivity contribution in [1.82, 2.24) is 15.3 Å². The van der Waals surface area contributed by atoms with Gasteiger partial charge in [-0.3, -0.25) is 0 Å². The minimum atomic E-state index is 0.204. The zero-order valence-corrected chi connectivity index (χ0v) is 7.17. The van der Waals surface area contributed by atoms with Gasteiger partial charge in [0.2, 0.25) is 0 Å². The molecule has 0 aromatic carbocycles. The Kier molecular flexibility index (Phi) is 1.86. The second-order valence-corrected chi connectivity index (χ2v) is 3.38. The van der Waals surface area contributed by atoms with Crippen LogP contribution >= 0.6 is 0 Å². The fourth-order valence-electron chi connectivity index (χ4n) is 1.62. The topological polar surface area (TPSA) is 66.7 Å². The average molecular weight is 166 g/mol. The highest BCUT2D eigenvalue weighted by atomic mass is 15.0. The van der Waals surface area contributed by atoms with E-state index >= 15 is 0 Å². The van der Waals surface area contributed by atoms with Crippen molar-refractivity contribution in [1.29, 1.82) is 0 Å². The van der Waals surface area contributed by atoms with Gasteiger partial charge in [0.1, 0.15) is 5.82 Å². The summed E-state index contributed by atoms with van der Waals surface area (Å²) in [6.07, 6.45) is 1.85. The molecule has 2 atom stereocenters. The molecule has 2 heterocycles. The first kappa shape index (κ1) is 7.76. The molecule has 12 heavy (non-hydrogen) atoms. The molecule has 1 aromatic heterocycles. The van der Waals surface area contributed by atoms with Crippen LogP contribution in [0.15, 0.2) is 6.20 Å². The zero-order chi connectivity index (χ0) is 8.55. The maximum Gasteiger partial charge on any atom is 0.112 e. The highest BCUT2D eigenvalue weighted by Gasteiger charge is 2.26. The van der Waals surface area contributed by atoms with Crippen molar-refractivity contribution in [2.24, 2.45) is 5.73 Å². The Labute approximate surface area is 71.6 Å². The van der Waals surface area contributed by atoms with Crippen LogP contribution in [0.2, 0.25) is 0 Å². The fraction of sp³-hybridized carbons (Fsp3) is 0.625. The van der Waals surface area contributed by atoms with Crippen LogP contribution in [0.3, 0.4) is 0 Å². The van der Waals surface area contributed by atoms with E-state index in [0.29, 0.717) is 5.92 Å². The maximum absolute atomic E-state index is 5.90. The van der Waals surface area contributed by atoms with Crippen molar-refractivity contribution >= 4 is 0 Å². The standard InChI is InChI=1S/C8H14N4/c1-5-2-11-8(12-5)6-3-10-4-7(6)9/h2,6-7,10H,3-4,9H2,1H3,(H,11,12). The van der Waals surface area contributed by atoms with Gasteiger partial charge in [0, 0.05) is 36.9 Å². The largest absolute Gasteiger partial charge is 0.346 e. The third-order valence-electron chi connectivity index (χ3n) is 2.33. The maximum atomic E-state index is 5.90. The minimum Gasteiger partial charge on any atom is -0.346 e. The summed E-state index contributed by atoms with van der Waals surface area (Å²) in [5.74, 6) is 1.38. The lowest BCUT2D eigenvalue weighted by atomic mass is 10.0. The van der Waals surface area contributed by atoms with Gasteiger partial charge in [-0.25, -0.2) is 4.98 Å². The van der Waals surface area contributed by atoms with Crippen LogP contribution in [-0.4, -0.2) is 29.1 Å². The summed E-state index contributed by atoms with van der Waals surface area (Å²) in [5.41, 5.74) is 7.00. The van der Waals surface area contributed by atoms with Gasteiger partial charge in [0.05, 0.1) is 0 Å². The lowest BCUT2D eigenvalue weighted by molar-refractivity contribution is 0.623. The SMILES string of the molecule is Cc1cnc(C2CNCC2N)[nH]1. The normalized spacial score (nSPS) is 29.5. The molecule has 4 N–H and O–H groups in total. The summed E-state index contributed by atoms with van der Waals surface area (Å²) >= 11 is 0. The van der Waals surface area contributed by atoms with Gasteiger partial charge in [-0.15, -0.1) is 0 Å². The molecule has 1 aliphatic rings. The summed E-state index contributed by atoms with van der Waals surface area (Å²) in [6.45, 7) is 3.84. The van der Waals surface area contributed by atoms with Crippen molar-refractivity contribution in [3.8, 4) is 0 Å². The van der Waals surface area contributed by atoms with E-state index in [1.165, 1.54) is 0 Å². The summed E-state index contributed by atoms with van der Waals surface area (Å²) < 4.78 is 0. The fourth-order valence-corrected chi connectivity index (χ4v) is 1.62. The first-order chi connectivity index (χ1) is 5.77. The number of H-pyrrole nitrogens is 1. The lowest BCUT2D eigenvalue weighted by Crippen LogP contribution is -2.28. The number of hydrogen-bond donors (Lipinski definition) is 3. The molecule has 1 aliphatic heterocycles. The predicted molar refractivity (Wildman–Crippen MR) is 46.9 cm³/mol. The van der Waals surface area contributed by atoms with E-state index in [4.69, 9.17) is 5.73 Å². The first-order valence-corrected chi connectivity index (χ1v) is 4.25. The molecule has 2 unspecified atom stereocenters. The number of nitrogens with two attached hydrogens (primary N) is 1. The molecule has 0 amide bonds. The number of nitrogens with one attached hydrogen (secondary N) is 2. The zero-order valence-electron chi connectivity index (χ0n) is 7.17. The van der Waals surface area contributed by atoms with Gasteiger partial charge < -0.3 is 16.0 Å². The Bertz CT molecular complexity index is 268. The number of aromatic nitrogens is 2. The van der Waals surface area contributed by atoms with E-state index in [0.717, 1.165) is 24.6 Å². The number of imidazole rings is 1. The van der Waals surface area contributed by atoms with Gasteiger partial charge in [-0.1, -0.05) is 0 Å². The van der Waals surface area contributed by atoms with Crippen LogP contribution in [0.1, 0.15) is 17.4 Å². The highest BCUT2D eigenvalue weighted by molar-refractivity contribution is 5.09. The van der Waals surface area contributed by atoms with Gasteiger partial charge in [-0.05, 0) is 6.92 Å². The number of aromatic amines is 1. The van der Waals surface area contributed by atoms with E-state index < -0.39 is 0 Å². The second kappa shape index (κ2) is 2.88. The number of rotatable bonds is 1. The average Bonchev–Trinajstić information content (AvgIpc) is 2.58. The predicted octanol–water partition coefficient (Wildman–Crippen LogP) is -0.268. The first-order valence-electron chi connectivity index (χ1n) is 4.25. The molecule has 2 rings (SSSR count). The summed E-state index contributed by atoms with van der Waals surface area (Å²) in [6, 6.07) is 0.204. The molecule has 0 radical (unpaired) electrons. The van der Waals surface area contributed by atoms with Gasteiger partial charge in [-0.2, -0.15) is 0 Å². The van der Waals surface area contributed by atoms with E-state index in [9.17, 15) is 0 Å². The van der Waals surface area contributed by atoms with Gasteiger partial charge in [0.25, 0.3) is 0 Å². The Hall–Kier alpha value is -0.870. The van der Waals surface area contributed by atoms with E-state index in [1.54, 1.807) is 0 Å². The number of aryl methyl sites for hydroxylation is 1. The lowest BCUT2D eigenvalue weighted by Gasteiger charge is -2.10. The molecule has 66 valence electrons. The van der Waals surface area contributed by atoms with Crippen LogP contribution in [0, 0.1) is 6.92 Å². The number of nitrogens with zero attached hydrogens (tertiary/aromatic N) is 1. The van der Waals surface area contributed by atoms with Crippen molar-refractivity contribution in [2.45, 2.75) is 18.9 Å². The summed E-state index contributed by atoms with van der Waals surface area (Å²) in [5, 5.41) is 3.24. The summed E-state index contributed by atoms with van der Waals surface area (Å²) in [4.78, 5) is 7.49. The Morgan fingerprint density at radius 1 is 1.58 bits per heavy atom. The Morgan fingerprint density at radius 2 is 2.42 bits per heavy atom. The van der Waals surface area contributed by atoms with Crippen molar-refractivity contribution in [3.63, 3.8) is 0 Å². The van der Waals surface area contributed by atoms with Crippen molar-refractivity contribution in [2.75, 3.05) is 13.1 Å². The second-order valence-electron chi connectivity index (χ2n) is 3.38. The van der Waals surface area contributed by atoms with Gasteiger partial charge >= 0.3 is 0 Å². The van der Waals surface area contributed by atoms with E-state index in [-0.39, 0.29) is 6.04 Å². The molecule has 4 heteroatoms. The van der Waals surface area contributed by atoms with Crippen LogP contribution in [0.25, 0.3) is 0 Å². The van der Waals surface area contributed by atoms with Crippen molar-refractivity contribution < 1.29 is 0 Å². The molecule has 4 nitrogen and oxygen atoms in total. The van der Waals surface area contributed by atoms with Crippen LogP contribution in [-0.2, 0) is 0 Å². The van der Waals surface area contributed by atoms with Crippen LogP contribution in [0.5, 0.6) is 0 Å². The van der Waals surface area contributed by atoms with Crippen molar-refractivity contribution in [3.05, 3.63) is 17.7 Å². The molecule has 1 fully saturated rings. The third kappa shape index (κ3) is 1.23. The van der Waals surface area contributed by atoms with E-state index in [1.807, 2.05) is 13.1 Å².